The van der Waals surface area contributed by atoms with E-state index in [1.165, 1.54) is 0 Å². The molecule has 2 atom stereocenters. The highest BCUT2D eigenvalue weighted by molar-refractivity contribution is 14.1. The summed E-state index contributed by atoms with van der Waals surface area (Å²) in [5.74, 6) is 0.393. The van der Waals surface area contributed by atoms with Crippen molar-refractivity contribution < 1.29 is 14.6 Å². The van der Waals surface area contributed by atoms with Crippen molar-refractivity contribution >= 4 is 28.6 Å². The zero-order chi connectivity index (χ0) is 14.7. The summed E-state index contributed by atoms with van der Waals surface area (Å²) < 4.78 is 6.53. The average Bonchev–Trinajstić information content (AvgIpc) is 3.19. The summed E-state index contributed by atoms with van der Waals surface area (Å²) in [7, 11) is 0. The molecule has 1 aliphatic carbocycles. The van der Waals surface area contributed by atoms with Crippen molar-refractivity contribution in [3.8, 4) is 0 Å². The third-order valence-electron chi connectivity index (χ3n) is 3.61. The van der Waals surface area contributed by atoms with Gasteiger partial charge in [0.2, 0.25) is 0 Å². The Morgan fingerprint density at radius 3 is 2.60 bits per heavy atom. The second-order valence-corrected chi connectivity index (χ2v) is 6.97. The Hall–Kier alpha value is -0.620. The van der Waals surface area contributed by atoms with Crippen molar-refractivity contribution in [1.82, 2.24) is 0 Å². The van der Waals surface area contributed by atoms with Gasteiger partial charge < -0.3 is 9.84 Å². The van der Waals surface area contributed by atoms with E-state index < -0.39 is 12.2 Å². The number of ether oxygens (including phenoxy) is 1. The first-order valence-corrected chi connectivity index (χ1v) is 8.19. The van der Waals surface area contributed by atoms with Gasteiger partial charge in [-0.15, -0.1) is 0 Å². The Bertz CT molecular complexity index is 469. The van der Waals surface area contributed by atoms with Crippen LogP contribution < -0.4 is 0 Å². The van der Waals surface area contributed by atoms with Crippen LogP contribution in [0.2, 0.25) is 0 Å². The van der Waals surface area contributed by atoms with Crippen molar-refractivity contribution in [1.29, 1.82) is 0 Å². The van der Waals surface area contributed by atoms with Gasteiger partial charge in [0.05, 0.1) is 0 Å². The number of benzene rings is 1. The molecule has 1 saturated carbocycles. The Balaban J connectivity index is 2.07. The quantitative estimate of drug-likeness (QED) is 0.597. The maximum absolute atomic E-state index is 11.9. The Morgan fingerprint density at radius 2 is 2.05 bits per heavy atom. The zero-order valence-electron chi connectivity index (χ0n) is 11.9. The molecule has 0 saturated heterocycles. The van der Waals surface area contributed by atoms with Crippen LogP contribution in [0.15, 0.2) is 24.3 Å². The highest BCUT2D eigenvalue weighted by Crippen LogP contribution is 2.34. The number of hydrogen-bond donors (Lipinski definition) is 1. The fourth-order valence-corrected chi connectivity index (χ4v) is 2.92. The molecule has 3 nitrogen and oxygen atoms in total. The molecule has 0 heterocycles. The maximum Gasteiger partial charge on any atom is 0.306 e. The molecule has 110 valence electrons. The van der Waals surface area contributed by atoms with Gasteiger partial charge >= 0.3 is 5.97 Å². The van der Waals surface area contributed by atoms with E-state index >= 15 is 0 Å². The van der Waals surface area contributed by atoms with Gasteiger partial charge in [-0.2, -0.15) is 0 Å². The summed E-state index contributed by atoms with van der Waals surface area (Å²) in [6, 6.07) is 7.66. The highest BCUT2D eigenvalue weighted by Gasteiger charge is 2.31. The van der Waals surface area contributed by atoms with E-state index in [1.807, 2.05) is 38.1 Å². The van der Waals surface area contributed by atoms with Crippen LogP contribution in [0.4, 0.5) is 0 Å². The zero-order valence-corrected chi connectivity index (χ0v) is 14.0. The monoisotopic (exact) mass is 388 g/mol. The molecule has 1 aromatic rings. The predicted molar refractivity (Wildman–Crippen MR) is 86.2 cm³/mol. The van der Waals surface area contributed by atoms with Gasteiger partial charge in [0.15, 0.2) is 0 Å². The number of esters is 1. The minimum atomic E-state index is -0.772. The molecule has 1 N–H and O–H groups in total. The van der Waals surface area contributed by atoms with E-state index in [2.05, 4.69) is 22.6 Å². The summed E-state index contributed by atoms with van der Waals surface area (Å²) in [6.07, 6.45) is 1.48. The number of carbonyl (C=O) groups is 1. The fourth-order valence-electron chi connectivity index (χ4n) is 2.21. The number of rotatable bonds is 6. The third-order valence-corrected chi connectivity index (χ3v) is 4.59. The predicted octanol–water partition coefficient (Wildman–Crippen LogP) is 3.69. The largest absolute Gasteiger partial charge is 0.459 e. The first-order valence-electron chi connectivity index (χ1n) is 7.11. The van der Waals surface area contributed by atoms with E-state index in [0.717, 1.165) is 22.0 Å². The lowest BCUT2D eigenvalue weighted by molar-refractivity contribution is -0.159. The fraction of sp³-hybridized carbons (Fsp3) is 0.562. The Morgan fingerprint density at radius 1 is 1.40 bits per heavy atom. The van der Waals surface area contributed by atoms with Crippen molar-refractivity contribution in [2.24, 2.45) is 11.8 Å². The molecule has 1 aromatic carbocycles. The van der Waals surface area contributed by atoms with Crippen molar-refractivity contribution in [2.45, 2.75) is 45.3 Å². The minimum absolute atomic E-state index is 0.0733. The molecular formula is C16H21IO3. The average molecular weight is 388 g/mol. The van der Waals surface area contributed by atoms with Crippen LogP contribution in [0, 0.1) is 15.4 Å². The smallest absolute Gasteiger partial charge is 0.306 e. The van der Waals surface area contributed by atoms with Crippen LogP contribution >= 0.6 is 22.6 Å². The van der Waals surface area contributed by atoms with Crippen LogP contribution in [0.3, 0.4) is 0 Å². The summed E-state index contributed by atoms with van der Waals surface area (Å²) >= 11 is 2.20. The molecule has 0 spiro atoms. The van der Waals surface area contributed by atoms with E-state index in [4.69, 9.17) is 4.74 Å². The van der Waals surface area contributed by atoms with Crippen molar-refractivity contribution in [2.75, 3.05) is 0 Å². The Kier molecular flexibility index (Phi) is 5.43. The van der Waals surface area contributed by atoms with Crippen molar-refractivity contribution in [3.63, 3.8) is 0 Å². The van der Waals surface area contributed by atoms with Gasteiger partial charge in [0, 0.05) is 9.99 Å². The summed E-state index contributed by atoms with van der Waals surface area (Å²) in [5.41, 5.74) is 0.825. The molecule has 1 fully saturated rings. The number of carbonyl (C=O) groups excluding carboxylic acids is 1. The number of aliphatic hydroxyl groups excluding tert-OH is 1. The van der Waals surface area contributed by atoms with Gasteiger partial charge in [-0.05, 0) is 58.9 Å². The lowest BCUT2D eigenvalue weighted by atomic mass is 9.96. The van der Waals surface area contributed by atoms with Gasteiger partial charge in [-0.25, -0.2) is 0 Å². The standard InChI is InChI=1S/C16H21IO3/c1-10(2)16(20-14(18)9-11-7-8-11)15(19)12-5-3-4-6-13(12)17/h3-6,10-11,15-16,19H,7-9H2,1-2H3/t15-,16-/m0/s1. The second kappa shape index (κ2) is 6.89. The molecule has 0 aromatic heterocycles. The summed E-state index contributed by atoms with van der Waals surface area (Å²) in [6.45, 7) is 3.93. The van der Waals surface area contributed by atoms with Crippen LogP contribution in [0.5, 0.6) is 0 Å². The summed E-state index contributed by atoms with van der Waals surface area (Å²) in [5, 5.41) is 10.5. The molecular weight excluding hydrogens is 367 g/mol. The van der Waals surface area contributed by atoms with E-state index in [9.17, 15) is 9.90 Å². The first-order chi connectivity index (χ1) is 9.49. The van der Waals surface area contributed by atoms with Crippen LogP contribution in [0.1, 0.15) is 44.8 Å². The van der Waals surface area contributed by atoms with E-state index in [1.54, 1.807) is 0 Å². The second-order valence-electron chi connectivity index (χ2n) is 5.81. The number of hydrogen-bond acceptors (Lipinski definition) is 3. The molecule has 0 unspecified atom stereocenters. The molecule has 0 bridgehead atoms. The molecule has 0 radical (unpaired) electrons. The van der Waals surface area contributed by atoms with E-state index in [-0.39, 0.29) is 11.9 Å². The SMILES string of the molecule is CC(C)[C@H](OC(=O)CC1CC1)[C@@H](O)c1ccccc1I. The van der Waals surface area contributed by atoms with Gasteiger partial charge in [0.25, 0.3) is 0 Å². The normalized spacial score (nSPS) is 17.9. The molecule has 1 aliphatic rings. The van der Waals surface area contributed by atoms with Gasteiger partial charge in [-0.1, -0.05) is 32.0 Å². The molecule has 4 heteroatoms. The molecule has 2 rings (SSSR count). The Labute approximate surface area is 133 Å². The third kappa shape index (κ3) is 4.19. The molecule has 0 amide bonds. The maximum atomic E-state index is 11.9. The van der Waals surface area contributed by atoms with Gasteiger partial charge in [0.1, 0.15) is 12.2 Å². The minimum Gasteiger partial charge on any atom is -0.459 e. The lowest BCUT2D eigenvalue weighted by Crippen LogP contribution is -2.31. The molecule has 0 aliphatic heterocycles. The van der Waals surface area contributed by atoms with Crippen LogP contribution in [0.25, 0.3) is 0 Å². The van der Waals surface area contributed by atoms with Crippen LogP contribution in [-0.4, -0.2) is 17.2 Å². The van der Waals surface area contributed by atoms with E-state index in [0.29, 0.717) is 12.3 Å². The topological polar surface area (TPSA) is 46.5 Å². The summed E-state index contributed by atoms with van der Waals surface area (Å²) in [4.78, 5) is 11.9. The van der Waals surface area contributed by atoms with Crippen LogP contribution in [-0.2, 0) is 9.53 Å². The lowest BCUT2D eigenvalue weighted by Gasteiger charge is -2.27. The highest BCUT2D eigenvalue weighted by atomic mass is 127. The van der Waals surface area contributed by atoms with Gasteiger partial charge in [-0.3, -0.25) is 4.79 Å². The number of aliphatic hydroxyl groups is 1. The van der Waals surface area contributed by atoms with Crippen molar-refractivity contribution in [3.05, 3.63) is 33.4 Å². The molecule has 20 heavy (non-hydrogen) atoms. The number of halogens is 1. The first kappa shape index (κ1) is 15.8.